The molecule has 0 aliphatic carbocycles. The van der Waals surface area contributed by atoms with Gasteiger partial charge in [0.1, 0.15) is 18.2 Å². The van der Waals surface area contributed by atoms with Crippen molar-refractivity contribution in [2.45, 2.75) is 85.0 Å². The topological polar surface area (TPSA) is 156 Å². The maximum atomic E-state index is 12.0. The minimum atomic E-state index is -1.15. The van der Waals surface area contributed by atoms with Crippen LogP contribution in [0.2, 0.25) is 0 Å². The molecule has 0 aliphatic rings. The van der Waals surface area contributed by atoms with E-state index in [0.29, 0.717) is 24.8 Å². The highest BCUT2D eigenvalue weighted by atomic mass is 16.7. The predicted octanol–water partition coefficient (Wildman–Crippen LogP) is 4.85. The molecule has 2 N–H and O–H groups in total. The number of carboxylic acid groups (broad SMARTS) is 1. The molecule has 214 valence electrons. The highest BCUT2D eigenvalue weighted by molar-refractivity contribution is 5.74. The number of carbonyl (C=O) groups is 4. The average molecular weight is 542 g/mol. The molecule has 0 saturated carbocycles. The van der Waals surface area contributed by atoms with E-state index in [9.17, 15) is 24.3 Å². The monoisotopic (exact) mass is 541 g/mol. The van der Waals surface area contributed by atoms with Gasteiger partial charge in [-0.3, -0.25) is 4.79 Å². The van der Waals surface area contributed by atoms with Crippen LogP contribution in [0.15, 0.2) is 18.2 Å². The summed E-state index contributed by atoms with van der Waals surface area (Å²) in [6.07, 6.45) is -1.05. The van der Waals surface area contributed by atoms with Gasteiger partial charge in [-0.05, 0) is 57.2 Å². The lowest BCUT2D eigenvalue weighted by atomic mass is 10.0. The van der Waals surface area contributed by atoms with Crippen molar-refractivity contribution in [1.29, 1.82) is 0 Å². The normalized spacial score (nSPS) is 13.0. The fourth-order valence-corrected chi connectivity index (χ4v) is 3.11. The Morgan fingerprint density at radius 1 is 0.816 bits per heavy atom. The van der Waals surface area contributed by atoms with Crippen LogP contribution in [0.3, 0.4) is 0 Å². The molecule has 0 amide bonds. The molecular formula is C26H39NO11. The molecule has 38 heavy (non-hydrogen) atoms. The SMILES string of the molecule is CCCOC(=O)Oc1ccc(C[C@H](NCC(C)OC(=O)OC(C)CCC)C(=O)O)cc1OC(=O)OCCC. The Morgan fingerprint density at radius 2 is 1.39 bits per heavy atom. The van der Waals surface area contributed by atoms with E-state index in [1.807, 2.05) is 20.8 Å². The van der Waals surface area contributed by atoms with Gasteiger partial charge in [-0.1, -0.05) is 33.3 Å². The van der Waals surface area contributed by atoms with Crippen LogP contribution < -0.4 is 14.8 Å². The van der Waals surface area contributed by atoms with Crippen molar-refractivity contribution < 1.29 is 52.7 Å². The fourth-order valence-electron chi connectivity index (χ4n) is 3.11. The number of carboxylic acids is 1. The van der Waals surface area contributed by atoms with Crippen LogP contribution in [0.1, 0.15) is 65.9 Å². The minimum absolute atomic E-state index is 0.0268. The van der Waals surface area contributed by atoms with Crippen molar-refractivity contribution in [2.24, 2.45) is 0 Å². The zero-order chi connectivity index (χ0) is 28.5. The standard InChI is InChI=1S/C26H39NO11/c1-6-9-17(4)35-26(32)36-18(5)16-27-20(23(28)29)14-19-10-11-21(37-24(30)33-12-7-2)22(15-19)38-25(31)34-13-8-3/h10-11,15,17-18,20,27H,6-9,12-14,16H2,1-5H3,(H,28,29)/t17?,18?,20-/m0/s1. The molecule has 0 bridgehead atoms. The van der Waals surface area contributed by atoms with Gasteiger partial charge in [0.15, 0.2) is 11.5 Å². The summed E-state index contributed by atoms with van der Waals surface area (Å²) < 4.78 is 30.5. The quantitative estimate of drug-likeness (QED) is 0.167. The summed E-state index contributed by atoms with van der Waals surface area (Å²) in [5.41, 5.74) is 0.457. The van der Waals surface area contributed by atoms with E-state index < -0.39 is 36.6 Å². The second-order valence-corrected chi connectivity index (χ2v) is 8.58. The number of rotatable bonds is 16. The van der Waals surface area contributed by atoms with Crippen LogP contribution in [-0.4, -0.2) is 67.6 Å². The van der Waals surface area contributed by atoms with Crippen LogP contribution in [0.4, 0.5) is 14.4 Å². The predicted molar refractivity (Wildman–Crippen MR) is 136 cm³/mol. The lowest BCUT2D eigenvalue weighted by Crippen LogP contribution is -2.42. The van der Waals surface area contributed by atoms with Gasteiger partial charge < -0.3 is 38.8 Å². The first-order chi connectivity index (χ1) is 18.1. The Hall–Kier alpha value is -3.54. The Bertz CT molecular complexity index is 905. The summed E-state index contributed by atoms with van der Waals surface area (Å²) in [5.74, 6) is -1.38. The van der Waals surface area contributed by atoms with Gasteiger partial charge in [0.25, 0.3) is 0 Å². The molecule has 1 aromatic rings. The lowest BCUT2D eigenvalue weighted by molar-refractivity contribution is -0.139. The average Bonchev–Trinajstić information content (AvgIpc) is 2.85. The van der Waals surface area contributed by atoms with E-state index >= 15 is 0 Å². The Morgan fingerprint density at radius 3 is 1.95 bits per heavy atom. The largest absolute Gasteiger partial charge is 0.513 e. The van der Waals surface area contributed by atoms with Gasteiger partial charge >= 0.3 is 24.4 Å². The molecule has 0 spiro atoms. The number of nitrogens with one attached hydrogen (secondary N) is 1. The molecule has 1 aromatic carbocycles. The van der Waals surface area contributed by atoms with Gasteiger partial charge in [-0.25, -0.2) is 14.4 Å². The molecule has 3 atom stereocenters. The second-order valence-electron chi connectivity index (χ2n) is 8.58. The molecule has 0 heterocycles. The van der Waals surface area contributed by atoms with Gasteiger partial charge in [-0.15, -0.1) is 0 Å². The zero-order valence-electron chi connectivity index (χ0n) is 22.7. The molecule has 12 nitrogen and oxygen atoms in total. The van der Waals surface area contributed by atoms with E-state index in [1.165, 1.54) is 18.2 Å². The van der Waals surface area contributed by atoms with Gasteiger partial charge in [-0.2, -0.15) is 0 Å². The van der Waals surface area contributed by atoms with Crippen molar-refractivity contribution in [3.8, 4) is 11.5 Å². The molecule has 0 saturated heterocycles. The summed E-state index contributed by atoms with van der Waals surface area (Å²) >= 11 is 0. The molecular weight excluding hydrogens is 502 g/mol. The third-order valence-corrected chi connectivity index (χ3v) is 4.92. The second kappa shape index (κ2) is 17.8. The van der Waals surface area contributed by atoms with Gasteiger partial charge in [0, 0.05) is 6.54 Å². The number of hydrogen-bond acceptors (Lipinski definition) is 11. The van der Waals surface area contributed by atoms with Crippen LogP contribution in [-0.2, 0) is 30.2 Å². The van der Waals surface area contributed by atoms with Crippen molar-refractivity contribution >= 4 is 24.4 Å². The number of carbonyl (C=O) groups excluding carboxylic acids is 3. The number of benzene rings is 1. The fraction of sp³-hybridized carbons (Fsp3) is 0.615. The van der Waals surface area contributed by atoms with Crippen LogP contribution in [0.25, 0.3) is 0 Å². The minimum Gasteiger partial charge on any atom is -0.480 e. The van der Waals surface area contributed by atoms with Gasteiger partial charge in [0.05, 0.1) is 13.2 Å². The molecule has 1 rings (SSSR count). The van der Waals surface area contributed by atoms with E-state index in [4.69, 9.17) is 28.4 Å². The third-order valence-electron chi connectivity index (χ3n) is 4.92. The number of aliphatic carboxylic acids is 1. The number of ether oxygens (including phenoxy) is 6. The van der Waals surface area contributed by atoms with Crippen molar-refractivity contribution in [3.63, 3.8) is 0 Å². The van der Waals surface area contributed by atoms with Crippen molar-refractivity contribution in [3.05, 3.63) is 23.8 Å². The summed E-state index contributed by atoms with van der Waals surface area (Å²) in [7, 11) is 0. The summed E-state index contributed by atoms with van der Waals surface area (Å²) in [6.45, 7) is 9.30. The first-order valence-corrected chi connectivity index (χ1v) is 12.7. The maximum Gasteiger partial charge on any atom is 0.513 e. The molecule has 0 fully saturated rings. The van der Waals surface area contributed by atoms with Crippen LogP contribution in [0.5, 0.6) is 11.5 Å². The Labute approximate surface area is 222 Å². The van der Waals surface area contributed by atoms with Gasteiger partial charge in [0.2, 0.25) is 0 Å². The lowest BCUT2D eigenvalue weighted by Gasteiger charge is -2.20. The highest BCUT2D eigenvalue weighted by Gasteiger charge is 2.23. The zero-order valence-corrected chi connectivity index (χ0v) is 22.7. The Balaban J connectivity index is 2.89. The van der Waals surface area contributed by atoms with Crippen LogP contribution >= 0.6 is 0 Å². The first-order valence-electron chi connectivity index (χ1n) is 12.7. The van der Waals surface area contributed by atoms with E-state index in [0.717, 1.165) is 6.42 Å². The summed E-state index contributed by atoms with van der Waals surface area (Å²) in [6, 6.07) is 3.19. The first kappa shape index (κ1) is 32.5. The summed E-state index contributed by atoms with van der Waals surface area (Å²) in [4.78, 5) is 47.7. The molecule has 0 radical (unpaired) electrons. The molecule has 0 aliphatic heterocycles. The highest BCUT2D eigenvalue weighted by Crippen LogP contribution is 2.30. The third kappa shape index (κ3) is 13.1. The number of hydrogen-bond donors (Lipinski definition) is 2. The van der Waals surface area contributed by atoms with E-state index in [2.05, 4.69) is 5.32 Å². The van der Waals surface area contributed by atoms with Crippen molar-refractivity contribution in [2.75, 3.05) is 19.8 Å². The molecule has 0 aromatic heterocycles. The van der Waals surface area contributed by atoms with E-state index in [-0.39, 0.29) is 43.8 Å². The van der Waals surface area contributed by atoms with Crippen molar-refractivity contribution in [1.82, 2.24) is 5.32 Å². The van der Waals surface area contributed by atoms with E-state index in [1.54, 1.807) is 13.8 Å². The maximum absolute atomic E-state index is 12.0. The Kier molecular flexibility index (Phi) is 15.2. The molecule has 12 heteroatoms. The smallest absolute Gasteiger partial charge is 0.480 e. The molecule has 2 unspecified atom stereocenters. The summed E-state index contributed by atoms with van der Waals surface area (Å²) in [5, 5.41) is 12.5. The van der Waals surface area contributed by atoms with Crippen LogP contribution in [0, 0.1) is 0 Å².